The number of carbonyl (C=O) groups is 1. The number of aromatic nitrogens is 1. The Morgan fingerprint density at radius 1 is 1.11 bits per heavy atom. The highest BCUT2D eigenvalue weighted by Gasteiger charge is 2.15. The van der Waals surface area contributed by atoms with Crippen LogP contribution in [-0.2, 0) is 12.8 Å². The van der Waals surface area contributed by atoms with Crippen molar-refractivity contribution in [2.75, 3.05) is 5.32 Å². The predicted molar refractivity (Wildman–Crippen MR) is 77.8 cm³/mol. The van der Waals surface area contributed by atoms with E-state index >= 15 is 0 Å². The van der Waals surface area contributed by atoms with Gasteiger partial charge < -0.3 is 0 Å². The Morgan fingerprint density at radius 3 is 2.74 bits per heavy atom. The van der Waals surface area contributed by atoms with Crippen LogP contribution in [0.15, 0.2) is 30.3 Å². The number of benzene rings is 1. The van der Waals surface area contributed by atoms with Crippen LogP contribution in [0, 0.1) is 0 Å². The van der Waals surface area contributed by atoms with Crippen molar-refractivity contribution in [1.82, 2.24) is 4.98 Å². The first-order chi connectivity index (χ1) is 9.33. The summed E-state index contributed by atoms with van der Waals surface area (Å²) >= 11 is 1.63. The quantitative estimate of drug-likeness (QED) is 0.848. The van der Waals surface area contributed by atoms with E-state index in [1.807, 2.05) is 30.3 Å². The first-order valence-corrected chi connectivity index (χ1v) is 7.49. The summed E-state index contributed by atoms with van der Waals surface area (Å²) in [4.78, 5) is 18.0. The summed E-state index contributed by atoms with van der Waals surface area (Å²) in [6, 6.07) is 9.27. The van der Waals surface area contributed by atoms with E-state index in [0.717, 1.165) is 18.0 Å². The molecule has 1 aliphatic rings. The minimum absolute atomic E-state index is 0.0792. The third-order valence-corrected chi connectivity index (χ3v) is 4.42. The molecule has 1 aromatic heterocycles. The number of aryl methyl sites for hydroxylation is 2. The minimum atomic E-state index is -0.0792. The van der Waals surface area contributed by atoms with Gasteiger partial charge in [-0.25, -0.2) is 4.98 Å². The summed E-state index contributed by atoms with van der Waals surface area (Å²) in [5, 5.41) is 3.64. The molecule has 0 spiro atoms. The number of anilines is 1. The fourth-order valence-electron chi connectivity index (χ4n) is 2.34. The molecule has 1 aromatic carbocycles. The molecule has 1 heterocycles. The van der Waals surface area contributed by atoms with Gasteiger partial charge in [-0.1, -0.05) is 24.6 Å². The normalized spacial score (nSPS) is 14.5. The zero-order valence-corrected chi connectivity index (χ0v) is 11.5. The van der Waals surface area contributed by atoms with Crippen LogP contribution in [0.5, 0.6) is 0 Å². The SMILES string of the molecule is O=C(Nc1nc2c(s1)CCCCC2)c1ccccc1. The molecule has 2 aromatic rings. The lowest BCUT2D eigenvalue weighted by Gasteiger charge is -2.00. The Hall–Kier alpha value is -1.68. The number of thiazole rings is 1. The van der Waals surface area contributed by atoms with Gasteiger partial charge in [-0.2, -0.15) is 0 Å². The second-order valence-electron chi connectivity index (χ2n) is 4.77. The average Bonchev–Trinajstić information content (AvgIpc) is 2.69. The Balaban J connectivity index is 1.75. The smallest absolute Gasteiger partial charge is 0.257 e. The first-order valence-electron chi connectivity index (χ1n) is 6.68. The van der Waals surface area contributed by atoms with Crippen LogP contribution in [-0.4, -0.2) is 10.9 Å². The van der Waals surface area contributed by atoms with Crippen molar-refractivity contribution < 1.29 is 4.79 Å². The van der Waals surface area contributed by atoms with E-state index in [1.165, 1.54) is 29.8 Å². The zero-order valence-electron chi connectivity index (χ0n) is 10.7. The van der Waals surface area contributed by atoms with Gasteiger partial charge >= 0.3 is 0 Å². The number of carbonyl (C=O) groups excluding carboxylic acids is 1. The van der Waals surface area contributed by atoms with Crippen LogP contribution < -0.4 is 5.32 Å². The Labute approximate surface area is 116 Å². The maximum atomic E-state index is 12.1. The molecule has 0 bridgehead atoms. The first kappa shape index (κ1) is 12.4. The van der Waals surface area contributed by atoms with Crippen molar-refractivity contribution in [3.63, 3.8) is 0 Å². The van der Waals surface area contributed by atoms with E-state index in [0.29, 0.717) is 5.56 Å². The molecule has 0 saturated heterocycles. The summed E-state index contributed by atoms with van der Waals surface area (Å²) in [6.45, 7) is 0. The number of nitrogens with one attached hydrogen (secondary N) is 1. The van der Waals surface area contributed by atoms with Gasteiger partial charge in [0.1, 0.15) is 0 Å². The average molecular weight is 272 g/mol. The Bertz CT molecular complexity index is 554. The highest BCUT2D eigenvalue weighted by Crippen LogP contribution is 2.29. The van der Waals surface area contributed by atoms with Crippen molar-refractivity contribution in [3.05, 3.63) is 46.5 Å². The molecule has 0 saturated carbocycles. The minimum Gasteiger partial charge on any atom is -0.298 e. The van der Waals surface area contributed by atoms with E-state index in [9.17, 15) is 4.79 Å². The van der Waals surface area contributed by atoms with Crippen molar-refractivity contribution in [3.8, 4) is 0 Å². The van der Waals surface area contributed by atoms with E-state index in [2.05, 4.69) is 10.3 Å². The number of hydrogen-bond donors (Lipinski definition) is 1. The predicted octanol–water partition coefficient (Wildman–Crippen LogP) is 3.66. The maximum Gasteiger partial charge on any atom is 0.257 e. The van der Waals surface area contributed by atoms with Crippen LogP contribution in [0.3, 0.4) is 0 Å². The summed E-state index contributed by atoms with van der Waals surface area (Å²) in [7, 11) is 0. The van der Waals surface area contributed by atoms with Gasteiger partial charge in [0.15, 0.2) is 5.13 Å². The highest BCUT2D eigenvalue weighted by atomic mass is 32.1. The van der Waals surface area contributed by atoms with Crippen LogP contribution in [0.1, 0.15) is 40.2 Å². The van der Waals surface area contributed by atoms with Crippen LogP contribution in [0.25, 0.3) is 0 Å². The van der Waals surface area contributed by atoms with E-state index in [4.69, 9.17) is 0 Å². The number of fused-ring (bicyclic) bond motifs is 1. The molecule has 0 aliphatic heterocycles. The molecule has 3 nitrogen and oxygen atoms in total. The van der Waals surface area contributed by atoms with Crippen LogP contribution >= 0.6 is 11.3 Å². The van der Waals surface area contributed by atoms with Gasteiger partial charge in [0.25, 0.3) is 5.91 Å². The molecule has 1 N–H and O–H groups in total. The second-order valence-corrected chi connectivity index (χ2v) is 5.85. The second kappa shape index (κ2) is 5.53. The summed E-state index contributed by atoms with van der Waals surface area (Å²) in [5.41, 5.74) is 1.86. The topological polar surface area (TPSA) is 42.0 Å². The van der Waals surface area contributed by atoms with E-state index in [-0.39, 0.29) is 5.91 Å². The van der Waals surface area contributed by atoms with Gasteiger partial charge in [0, 0.05) is 10.4 Å². The van der Waals surface area contributed by atoms with Gasteiger partial charge in [-0.3, -0.25) is 10.1 Å². The van der Waals surface area contributed by atoms with Crippen molar-refractivity contribution in [2.45, 2.75) is 32.1 Å². The summed E-state index contributed by atoms with van der Waals surface area (Å²) in [6.07, 6.45) is 5.89. The highest BCUT2D eigenvalue weighted by molar-refractivity contribution is 7.15. The maximum absolute atomic E-state index is 12.1. The lowest BCUT2D eigenvalue weighted by Crippen LogP contribution is -2.11. The van der Waals surface area contributed by atoms with E-state index < -0.39 is 0 Å². The molecule has 0 unspecified atom stereocenters. The van der Waals surface area contributed by atoms with Gasteiger partial charge in [0.2, 0.25) is 0 Å². The van der Waals surface area contributed by atoms with Crippen molar-refractivity contribution in [2.24, 2.45) is 0 Å². The van der Waals surface area contributed by atoms with Gasteiger partial charge in [-0.15, -0.1) is 11.3 Å². The molecule has 0 atom stereocenters. The van der Waals surface area contributed by atoms with Crippen molar-refractivity contribution >= 4 is 22.4 Å². The molecule has 0 fully saturated rings. The molecular weight excluding hydrogens is 256 g/mol. The van der Waals surface area contributed by atoms with E-state index in [1.54, 1.807) is 11.3 Å². The molecule has 3 rings (SSSR count). The van der Waals surface area contributed by atoms with Crippen LogP contribution in [0.4, 0.5) is 5.13 Å². The largest absolute Gasteiger partial charge is 0.298 e. The Kier molecular flexibility index (Phi) is 3.60. The molecule has 4 heteroatoms. The zero-order chi connectivity index (χ0) is 13.1. The lowest BCUT2D eigenvalue weighted by molar-refractivity contribution is 0.102. The fourth-order valence-corrected chi connectivity index (χ4v) is 3.39. The third kappa shape index (κ3) is 2.84. The molecular formula is C15H16N2OS. The van der Waals surface area contributed by atoms with Crippen molar-refractivity contribution in [1.29, 1.82) is 0 Å². The fraction of sp³-hybridized carbons (Fsp3) is 0.333. The van der Waals surface area contributed by atoms with Crippen LogP contribution in [0.2, 0.25) is 0 Å². The number of amides is 1. The number of hydrogen-bond acceptors (Lipinski definition) is 3. The number of nitrogens with zero attached hydrogens (tertiary/aromatic N) is 1. The summed E-state index contributed by atoms with van der Waals surface area (Å²) in [5.74, 6) is -0.0792. The summed E-state index contributed by atoms with van der Waals surface area (Å²) < 4.78 is 0. The molecule has 98 valence electrons. The molecule has 0 radical (unpaired) electrons. The van der Waals surface area contributed by atoms with Gasteiger partial charge in [-0.05, 0) is 37.8 Å². The lowest BCUT2D eigenvalue weighted by atomic mass is 10.2. The number of rotatable bonds is 2. The molecule has 1 aliphatic carbocycles. The monoisotopic (exact) mass is 272 g/mol. The standard InChI is InChI=1S/C15H16N2OS/c18-14(11-7-3-1-4-8-11)17-15-16-12-9-5-2-6-10-13(12)19-15/h1,3-4,7-8H,2,5-6,9-10H2,(H,16,17,18). The third-order valence-electron chi connectivity index (χ3n) is 3.35. The van der Waals surface area contributed by atoms with Gasteiger partial charge in [0.05, 0.1) is 5.69 Å². The Morgan fingerprint density at radius 2 is 1.89 bits per heavy atom. The molecule has 19 heavy (non-hydrogen) atoms. The molecule has 1 amide bonds.